The van der Waals surface area contributed by atoms with Gasteiger partial charge in [-0.3, -0.25) is 0 Å². The predicted octanol–water partition coefficient (Wildman–Crippen LogP) is 4.55. The van der Waals surface area contributed by atoms with Crippen molar-refractivity contribution in [3.8, 4) is 0 Å². The Hall–Kier alpha value is 2.08. The maximum Gasteiger partial charge on any atom is 0.313 e. The summed E-state index contributed by atoms with van der Waals surface area (Å²) >= 11 is 0. The molecule has 370 valence electrons. The monoisotopic (exact) mass is 1100 g/mol. The molecule has 0 N–H and O–H groups in total. The van der Waals surface area contributed by atoms with Crippen LogP contribution in [0.15, 0.2) is 10.8 Å². The fourth-order valence-corrected chi connectivity index (χ4v) is 44.3. The molecule has 1 fully saturated rings. The first-order valence-corrected chi connectivity index (χ1v) is 45.9. The summed E-state index contributed by atoms with van der Waals surface area (Å²) in [4.78, 5) is 0. The molecule has 1 aliphatic carbocycles. The van der Waals surface area contributed by atoms with Gasteiger partial charge in [0.05, 0.1) is 0 Å². The van der Waals surface area contributed by atoms with E-state index in [0.717, 1.165) is 0 Å². The van der Waals surface area contributed by atoms with Crippen molar-refractivity contribution in [1.29, 1.82) is 0 Å². The minimum absolute atomic E-state index is 0.0102. The van der Waals surface area contributed by atoms with Crippen LogP contribution in [0.3, 0.4) is 0 Å². The molecule has 1 saturated carbocycles. The average molecular weight is 1100 g/mol. The Labute approximate surface area is 407 Å². The second kappa shape index (κ2) is 22.9. The zero-order chi connectivity index (χ0) is 48.9. The Morgan fingerprint density at radius 3 is 1.16 bits per heavy atom. The van der Waals surface area contributed by atoms with Gasteiger partial charge in [0, 0.05) is 0 Å². The number of rotatable bonds is 27. The SMILES string of the molecule is CC(=C(C(C)(C)C(C)(C)C)[Si](C)(C)O[Si](C)(C)O[Si](C)(C)O[SiH](C)O[SiH2]O[SiH2]O[SiH2]O[SiH2]O[SiH2]O[SiH2]O[SiH2]O[SiH2]O[Si](C)(C)C)C1(C)C(C)(C)C(C)(C)C(C)(C)C(C)(C)C1(C)C. The van der Waals surface area contributed by atoms with E-state index < -0.39 is 123 Å². The zero-order valence-electron chi connectivity index (χ0n) is 45.1. The minimum atomic E-state index is -2.73. The molecule has 0 saturated heterocycles. The van der Waals surface area contributed by atoms with Gasteiger partial charge in [0.1, 0.15) is 0 Å². The summed E-state index contributed by atoms with van der Waals surface area (Å²) in [5, 5.41) is 1.52. The summed E-state index contributed by atoms with van der Waals surface area (Å²) in [5.41, 5.74) is 1.23. The fourth-order valence-electron chi connectivity index (χ4n) is 10.3. The van der Waals surface area contributed by atoms with Crippen LogP contribution in [0.25, 0.3) is 0 Å². The summed E-state index contributed by atoms with van der Waals surface area (Å²) in [7, 11) is -19.9. The van der Waals surface area contributed by atoms with E-state index in [1.165, 1.54) is 10.8 Å². The quantitative estimate of drug-likeness (QED) is 0.0852. The van der Waals surface area contributed by atoms with Gasteiger partial charge in [-0.25, -0.2) is 0 Å². The van der Waals surface area contributed by atoms with Crippen LogP contribution in [0.5, 0.6) is 0 Å². The standard InChI is InChI=1S/C37H98O12Si13/c1-28(37(17)35(13,14)33(9,10)32(7,8)34(11,12)36(37,15)16)29(31(5,6)30(2,3)4)60(22,23)48-62(26,27)49-61(24,25)47-58(18)45-56-43-54-41-52-39-50-38-51-40-53-42-55-44-57-46-59(19,20)21/h58H,50-57H2,1-27H3. The lowest BCUT2D eigenvalue weighted by molar-refractivity contribution is -0.276. The van der Waals surface area contributed by atoms with Gasteiger partial charge in [0.2, 0.25) is 8.32 Å². The molecule has 0 amide bonds. The van der Waals surface area contributed by atoms with Crippen molar-refractivity contribution in [3.63, 3.8) is 0 Å². The molecule has 0 heterocycles. The highest BCUT2D eigenvalue weighted by molar-refractivity contribution is 6.90. The van der Waals surface area contributed by atoms with Gasteiger partial charge >= 0.3 is 17.1 Å². The molecule has 0 bridgehead atoms. The Balaban J connectivity index is 2.95. The van der Waals surface area contributed by atoms with E-state index in [1.807, 2.05) is 0 Å². The van der Waals surface area contributed by atoms with E-state index in [9.17, 15) is 0 Å². The molecular formula is C37H98O12Si13. The van der Waals surface area contributed by atoms with E-state index in [1.54, 1.807) is 0 Å². The van der Waals surface area contributed by atoms with Crippen LogP contribution in [0.1, 0.15) is 118 Å². The summed E-state index contributed by atoms with van der Waals surface area (Å²) < 4.78 is 73.0. The maximum absolute atomic E-state index is 7.60. The van der Waals surface area contributed by atoms with Crippen LogP contribution in [-0.4, -0.2) is 123 Å². The summed E-state index contributed by atoms with van der Waals surface area (Å²) in [5.74, 6) is 0. The lowest BCUT2D eigenvalue weighted by Crippen LogP contribution is -2.72. The van der Waals surface area contributed by atoms with E-state index in [0.29, 0.717) is 0 Å². The Kier molecular flexibility index (Phi) is 22.9. The molecule has 12 nitrogen and oxygen atoms in total. The molecule has 1 atom stereocenters. The van der Waals surface area contributed by atoms with Gasteiger partial charge < -0.3 is 49.4 Å². The Morgan fingerprint density at radius 1 is 0.468 bits per heavy atom. The largest absolute Gasteiger partial charge is 0.441 e. The average Bonchev–Trinajstić information content (AvgIpc) is 3.05. The van der Waals surface area contributed by atoms with Crippen LogP contribution in [0.4, 0.5) is 0 Å². The van der Waals surface area contributed by atoms with Gasteiger partial charge in [-0.15, -0.1) is 0 Å². The first kappa shape index (κ1) is 62.1. The molecule has 1 unspecified atom stereocenters. The van der Waals surface area contributed by atoms with Crippen molar-refractivity contribution >= 4 is 123 Å². The summed E-state index contributed by atoms with van der Waals surface area (Å²) in [6.07, 6.45) is 0. The van der Waals surface area contributed by atoms with Crippen LogP contribution in [-0.2, 0) is 49.4 Å². The van der Waals surface area contributed by atoms with Crippen LogP contribution in [0, 0.1) is 43.3 Å². The first-order chi connectivity index (χ1) is 27.5. The molecule has 0 aromatic rings. The number of allylic oxidation sites excluding steroid dienone is 2. The predicted molar refractivity (Wildman–Crippen MR) is 293 cm³/mol. The maximum atomic E-state index is 7.60. The van der Waals surface area contributed by atoms with Crippen LogP contribution >= 0.6 is 0 Å². The van der Waals surface area contributed by atoms with E-state index >= 15 is 0 Å². The Morgan fingerprint density at radius 2 is 0.806 bits per heavy atom. The molecular weight excluding hydrogens is 1000 g/mol. The lowest BCUT2D eigenvalue weighted by Gasteiger charge is -2.78. The molecule has 0 aromatic heterocycles. The highest BCUT2D eigenvalue weighted by Crippen LogP contribution is 2.80. The summed E-state index contributed by atoms with van der Waals surface area (Å²) in [6.45, 7) is 64.7. The van der Waals surface area contributed by atoms with Gasteiger partial charge in [-0.1, -0.05) is 122 Å². The number of hydrogen-bond donors (Lipinski definition) is 0. The Bertz CT molecular complexity index is 1420. The molecule has 25 heteroatoms. The third-order valence-corrected chi connectivity index (χ3v) is 45.8. The fraction of sp³-hybridized carbons (Fsp3) is 0.946. The molecule has 0 spiro atoms. The van der Waals surface area contributed by atoms with E-state index in [4.69, 9.17) is 49.4 Å². The number of hydrogen-bond acceptors (Lipinski definition) is 12. The van der Waals surface area contributed by atoms with Crippen LogP contribution in [0.2, 0.25) is 65.5 Å². The molecule has 1 rings (SSSR count). The van der Waals surface area contributed by atoms with Gasteiger partial charge in [-0.2, -0.15) is 0 Å². The van der Waals surface area contributed by atoms with Gasteiger partial charge in [0.15, 0.2) is 8.32 Å². The second-order valence-corrected chi connectivity index (χ2v) is 57.0. The smallest absolute Gasteiger partial charge is 0.313 e. The van der Waals surface area contributed by atoms with Crippen molar-refractivity contribution in [2.24, 2.45) is 43.3 Å². The molecule has 0 radical (unpaired) electrons. The van der Waals surface area contributed by atoms with Crippen molar-refractivity contribution in [3.05, 3.63) is 10.8 Å². The van der Waals surface area contributed by atoms with Crippen molar-refractivity contribution in [2.45, 2.75) is 183 Å². The lowest BCUT2D eigenvalue weighted by atomic mass is 9.27. The molecule has 1 aliphatic rings. The summed E-state index contributed by atoms with van der Waals surface area (Å²) in [6, 6.07) is 0. The minimum Gasteiger partial charge on any atom is -0.441 e. The van der Waals surface area contributed by atoms with Gasteiger partial charge in [-0.05, 0) is 116 Å². The van der Waals surface area contributed by atoms with E-state index in [-0.39, 0.29) is 43.3 Å². The highest BCUT2D eigenvalue weighted by atomic mass is 28.5. The zero-order valence-corrected chi connectivity index (χ0v) is 61.6. The van der Waals surface area contributed by atoms with Crippen molar-refractivity contribution in [2.75, 3.05) is 0 Å². The third-order valence-electron chi connectivity index (χ3n) is 16.4. The molecule has 0 aliphatic heterocycles. The van der Waals surface area contributed by atoms with Gasteiger partial charge in [0.25, 0.3) is 89.3 Å². The normalized spacial score (nSPS) is 22.7. The topological polar surface area (TPSA) is 111 Å². The molecule has 0 aromatic carbocycles. The van der Waals surface area contributed by atoms with Crippen molar-refractivity contribution in [1.82, 2.24) is 0 Å². The van der Waals surface area contributed by atoms with E-state index in [2.05, 4.69) is 183 Å². The van der Waals surface area contributed by atoms with Crippen molar-refractivity contribution < 1.29 is 49.4 Å². The third kappa shape index (κ3) is 14.8. The second-order valence-electron chi connectivity index (χ2n) is 24.1. The van der Waals surface area contributed by atoms with Crippen LogP contribution < -0.4 is 0 Å². The molecule has 62 heavy (non-hydrogen) atoms. The highest BCUT2D eigenvalue weighted by Gasteiger charge is 2.74. The first-order valence-electron chi connectivity index (χ1n) is 22.6.